The molecule has 1 aliphatic rings. The molecule has 0 saturated carbocycles. The minimum Gasteiger partial charge on any atom is -0.496 e. The van der Waals surface area contributed by atoms with E-state index in [0.717, 1.165) is 33.8 Å². The molecular formula is C24H28NO3+. The number of allylic oxidation sites excluding steroid dienone is 1. The number of carbonyl (C=O) groups is 1. The molecule has 0 bridgehead atoms. The van der Waals surface area contributed by atoms with Gasteiger partial charge in [0.05, 0.1) is 25.2 Å². The smallest absolute Gasteiger partial charge is 0.337 e. The highest BCUT2D eigenvalue weighted by Crippen LogP contribution is 2.40. The van der Waals surface area contributed by atoms with Crippen LogP contribution in [0, 0.1) is 13.8 Å². The molecule has 1 heterocycles. The molecule has 0 radical (unpaired) electrons. The molecule has 0 amide bonds. The Morgan fingerprint density at radius 2 is 1.71 bits per heavy atom. The van der Waals surface area contributed by atoms with Gasteiger partial charge in [-0.25, -0.2) is 4.79 Å². The van der Waals surface area contributed by atoms with E-state index in [2.05, 4.69) is 63.6 Å². The molecule has 28 heavy (non-hydrogen) atoms. The molecule has 2 aromatic rings. The molecule has 0 spiro atoms. The van der Waals surface area contributed by atoms with Crippen LogP contribution in [0.15, 0.2) is 36.4 Å². The first-order chi connectivity index (χ1) is 13.2. The summed E-state index contributed by atoms with van der Waals surface area (Å²) in [7, 11) is 5.18. The first kappa shape index (κ1) is 19.9. The van der Waals surface area contributed by atoms with Gasteiger partial charge in [0.2, 0.25) is 5.69 Å². The first-order valence-corrected chi connectivity index (χ1v) is 9.38. The first-order valence-electron chi connectivity index (χ1n) is 9.38. The molecule has 0 unspecified atom stereocenters. The maximum atomic E-state index is 12.0. The molecule has 0 aliphatic carbocycles. The lowest BCUT2D eigenvalue weighted by Crippen LogP contribution is -2.26. The maximum absolute atomic E-state index is 12.0. The van der Waals surface area contributed by atoms with Crippen molar-refractivity contribution in [1.29, 1.82) is 0 Å². The van der Waals surface area contributed by atoms with Gasteiger partial charge >= 0.3 is 5.97 Å². The lowest BCUT2D eigenvalue weighted by atomic mass is 9.80. The van der Waals surface area contributed by atoms with Crippen LogP contribution in [-0.2, 0) is 10.2 Å². The summed E-state index contributed by atoms with van der Waals surface area (Å²) in [5, 5.41) is 0. The Morgan fingerprint density at radius 3 is 2.36 bits per heavy atom. The van der Waals surface area contributed by atoms with Crippen molar-refractivity contribution < 1.29 is 18.8 Å². The summed E-state index contributed by atoms with van der Waals surface area (Å²) in [5.74, 6) is 0.589. The Balaban J connectivity index is 2.07. The van der Waals surface area contributed by atoms with Gasteiger partial charge in [0.1, 0.15) is 12.8 Å². The van der Waals surface area contributed by atoms with Gasteiger partial charge in [-0.2, -0.15) is 4.58 Å². The van der Waals surface area contributed by atoms with E-state index in [4.69, 9.17) is 9.47 Å². The number of hydrogen-bond acceptors (Lipinski definition) is 3. The standard InChI is InChI=1S/C24H28NO3/c1-15-8-9-16(2)22(27-6)18(15)11-13-21-24(3,4)19-14-17(23(26)28-7)10-12-20(19)25(21)5/h8-14H,1-7H3/q+1/b13-11+. The number of esters is 1. The molecule has 0 saturated heterocycles. The average molecular weight is 378 g/mol. The molecule has 0 atom stereocenters. The zero-order valence-electron chi connectivity index (χ0n) is 17.7. The van der Waals surface area contributed by atoms with Gasteiger partial charge in [-0.05, 0) is 57.0 Å². The van der Waals surface area contributed by atoms with Crippen LogP contribution in [0.25, 0.3) is 6.08 Å². The number of hydrogen-bond donors (Lipinski definition) is 0. The second-order valence-corrected chi connectivity index (χ2v) is 7.77. The molecule has 0 fully saturated rings. The third-order valence-corrected chi connectivity index (χ3v) is 5.68. The zero-order chi connectivity index (χ0) is 20.6. The monoisotopic (exact) mass is 378 g/mol. The van der Waals surface area contributed by atoms with Gasteiger partial charge in [0, 0.05) is 23.3 Å². The topological polar surface area (TPSA) is 38.5 Å². The van der Waals surface area contributed by atoms with Crippen molar-refractivity contribution in [3.8, 4) is 5.75 Å². The summed E-state index contributed by atoms with van der Waals surface area (Å²) in [6.45, 7) is 8.50. The minimum atomic E-state index is -0.314. The highest BCUT2D eigenvalue weighted by atomic mass is 16.5. The largest absolute Gasteiger partial charge is 0.496 e. The predicted molar refractivity (Wildman–Crippen MR) is 113 cm³/mol. The molecule has 4 heteroatoms. The number of aryl methyl sites for hydroxylation is 2. The Hall–Kier alpha value is -2.88. The normalized spacial score (nSPS) is 15.1. The molecule has 1 aliphatic heterocycles. The van der Waals surface area contributed by atoms with E-state index in [0.29, 0.717) is 5.56 Å². The minimum absolute atomic E-state index is 0.240. The van der Waals surface area contributed by atoms with Gasteiger partial charge in [-0.1, -0.05) is 12.1 Å². The fourth-order valence-corrected chi connectivity index (χ4v) is 4.03. The number of carbonyl (C=O) groups excluding carboxylic acids is 1. The van der Waals surface area contributed by atoms with Crippen molar-refractivity contribution >= 4 is 23.4 Å². The van der Waals surface area contributed by atoms with Crippen LogP contribution < -0.4 is 4.74 Å². The van der Waals surface area contributed by atoms with E-state index < -0.39 is 0 Å². The summed E-state index contributed by atoms with van der Waals surface area (Å²) < 4.78 is 12.7. The van der Waals surface area contributed by atoms with Crippen LogP contribution in [0.1, 0.15) is 46.5 Å². The summed E-state index contributed by atoms with van der Waals surface area (Å²) in [4.78, 5) is 12.0. The van der Waals surface area contributed by atoms with Gasteiger partial charge in [-0.15, -0.1) is 0 Å². The van der Waals surface area contributed by atoms with Crippen LogP contribution in [0.5, 0.6) is 5.75 Å². The van der Waals surface area contributed by atoms with Crippen molar-refractivity contribution in [3.63, 3.8) is 0 Å². The Bertz CT molecular complexity index is 1010. The summed E-state index contributed by atoms with van der Waals surface area (Å²) in [6, 6.07) is 9.94. The van der Waals surface area contributed by atoms with Crippen molar-refractivity contribution in [2.24, 2.45) is 0 Å². The van der Waals surface area contributed by atoms with Crippen LogP contribution in [0.2, 0.25) is 0 Å². The fraction of sp³-hybridized carbons (Fsp3) is 0.333. The Labute approximate surface area is 167 Å². The SMILES string of the molecule is COC(=O)c1ccc2c(c1)C(C)(C)C(/C=C/c1c(C)ccc(C)c1OC)=[N+]2C. The summed E-state index contributed by atoms with van der Waals surface area (Å²) in [6.07, 6.45) is 4.28. The van der Waals surface area contributed by atoms with E-state index in [1.54, 1.807) is 7.11 Å². The van der Waals surface area contributed by atoms with Gasteiger partial charge in [-0.3, -0.25) is 0 Å². The predicted octanol–water partition coefficient (Wildman–Crippen LogP) is 4.82. The number of rotatable bonds is 4. The van der Waals surface area contributed by atoms with Crippen molar-refractivity contribution in [1.82, 2.24) is 0 Å². The second kappa shape index (κ2) is 7.27. The zero-order valence-corrected chi connectivity index (χ0v) is 17.7. The fourth-order valence-electron chi connectivity index (χ4n) is 4.03. The number of fused-ring (bicyclic) bond motifs is 1. The summed E-state index contributed by atoms with van der Waals surface area (Å²) >= 11 is 0. The third kappa shape index (κ3) is 3.13. The van der Waals surface area contributed by atoms with Crippen LogP contribution in [0.3, 0.4) is 0 Å². The van der Waals surface area contributed by atoms with Gasteiger partial charge in [0.15, 0.2) is 5.71 Å². The number of methoxy groups -OCH3 is 2. The summed E-state index contributed by atoms with van der Waals surface area (Å²) in [5.41, 5.74) is 7.08. The molecule has 0 N–H and O–H groups in total. The van der Waals surface area contributed by atoms with Crippen LogP contribution in [0.4, 0.5) is 5.69 Å². The quantitative estimate of drug-likeness (QED) is 0.566. The Kier molecular flexibility index (Phi) is 5.16. The van der Waals surface area contributed by atoms with Crippen LogP contribution in [-0.4, -0.2) is 37.5 Å². The van der Waals surface area contributed by atoms with E-state index in [1.165, 1.54) is 12.7 Å². The average Bonchev–Trinajstić information content (AvgIpc) is 2.87. The molecule has 0 aromatic heterocycles. The second-order valence-electron chi connectivity index (χ2n) is 7.77. The molecule has 146 valence electrons. The van der Waals surface area contributed by atoms with Gasteiger partial charge < -0.3 is 9.47 Å². The molecule has 4 nitrogen and oxygen atoms in total. The van der Waals surface area contributed by atoms with E-state index in [-0.39, 0.29) is 11.4 Å². The maximum Gasteiger partial charge on any atom is 0.337 e. The Morgan fingerprint density at radius 1 is 1.04 bits per heavy atom. The third-order valence-electron chi connectivity index (χ3n) is 5.68. The lowest BCUT2D eigenvalue weighted by molar-refractivity contribution is -0.401. The number of nitrogens with zero attached hydrogens (tertiary/aromatic N) is 1. The number of benzene rings is 2. The van der Waals surface area contributed by atoms with Crippen molar-refractivity contribution in [2.45, 2.75) is 33.1 Å². The van der Waals surface area contributed by atoms with E-state index in [9.17, 15) is 4.79 Å². The van der Waals surface area contributed by atoms with Crippen LogP contribution >= 0.6 is 0 Å². The van der Waals surface area contributed by atoms with Crippen molar-refractivity contribution in [2.75, 3.05) is 21.3 Å². The lowest BCUT2D eigenvalue weighted by Gasteiger charge is -2.16. The highest BCUT2D eigenvalue weighted by Gasteiger charge is 2.43. The van der Waals surface area contributed by atoms with Crippen molar-refractivity contribution in [3.05, 3.63) is 64.2 Å². The van der Waals surface area contributed by atoms with E-state index in [1.807, 2.05) is 18.2 Å². The molecule has 2 aromatic carbocycles. The molecule has 3 rings (SSSR count). The van der Waals surface area contributed by atoms with E-state index >= 15 is 0 Å². The number of ether oxygens (including phenoxy) is 2. The highest BCUT2D eigenvalue weighted by molar-refractivity contribution is 6.06. The molecular weight excluding hydrogens is 350 g/mol. The van der Waals surface area contributed by atoms with Gasteiger partial charge in [0.25, 0.3) is 0 Å².